The predicted molar refractivity (Wildman–Crippen MR) is 61.6 cm³/mol. The third-order valence-corrected chi connectivity index (χ3v) is 3.36. The van der Waals surface area contributed by atoms with Crippen molar-refractivity contribution in [2.24, 2.45) is 0 Å². The van der Waals surface area contributed by atoms with Crippen molar-refractivity contribution in [2.45, 2.75) is 83.8 Å². The Bertz CT molecular complexity index is 147. The Morgan fingerprint density at radius 2 is 1.86 bits per heavy atom. The van der Waals surface area contributed by atoms with Gasteiger partial charge >= 0.3 is 0 Å². The normalized spacial score (nSPS) is 23.4. The zero-order chi connectivity index (χ0) is 10.4. The molecular formula is C13H26O. The molecule has 0 aromatic carbocycles. The van der Waals surface area contributed by atoms with Crippen LogP contribution in [0.2, 0.25) is 0 Å². The Morgan fingerprint density at radius 3 is 2.43 bits per heavy atom. The van der Waals surface area contributed by atoms with Crippen LogP contribution in [0.3, 0.4) is 0 Å². The Labute approximate surface area is 89.2 Å². The minimum atomic E-state index is 0.200. The van der Waals surface area contributed by atoms with E-state index in [9.17, 15) is 0 Å². The molecule has 0 bridgehead atoms. The summed E-state index contributed by atoms with van der Waals surface area (Å²) in [6, 6.07) is 0. The Hall–Kier alpha value is -0.0400. The van der Waals surface area contributed by atoms with Crippen LogP contribution in [0.1, 0.15) is 72.1 Å². The molecule has 1 aliphatic rings. The van der Waals surface area contributed by atoms with E-state index in [1.807, 2.05) is 0 Å². The van der Waals surface area contributed by atoms with Crippen molar-refractivity contribution >= 4 is 0 Å². The molecule has 0 aromatic rings. The molecule has 1 unspecified atom stereocenters. The SMILES string of the molecule is CCCCC(C)OC1(C)CCCCC1. The molecular weight excluding hydrogens is 172 g/mol. The van der Waals surface area contributed by atoms with Gasteiger partial charge in [0.05, 0.1) is 11.7 Å². The van der Waals surface area contributed by atoms with Gasteiger partial charge in [-0.15, -0.1) is 0 Å². The van der Waals surface area contributed by atoms with E-state index in [4.69, 9.17) is 4.74 Å². The molecule has 0 amide bonds. The molecule has 1 fully saturated rings. The van der Waals surface area contributed by atoms with Gasteiger partial charge in [-0.25, -0.2) is 0 Å². The number of ether oxygens (including phenoxy) is 1. The molecule has 0 radical (unpaired) electrons. The number of hydrogen-bond acceptors (Lipinski definition) is 1. The van der Waals surface area contributed by atoms with Gasteiger partial charge in [-0.2, -0.15) is 0 Å². The largest absolute Gasteiger partial charge is 0.372 e. The zero-order valence-electron chi connectivity index (χ0n) is 10.1. The number of hydrogen-bond donors (Lipinski definition) is 0. The molecule has 1 atom stereocenters. The van der Waals surface area contributed by atoms with E-state index < -0.39 is 0 Å². The van der Waals surface area contributed by atoms with E-state index in [0.717, 1.165) is 0 Å². The van der Waals surface area contributed by atoms with Crippen LogP contribution in [0.25, 0.3) is 0 Å². The summed E-state index contributed by atoms with van der Waals surface area (Å²) in [5.74, 6) is 0. The molecule has 1 nitrogen and oxygen atoms in total. The molecule has 14 heavy (non-hydrogen) atoms. The van der Waals surface area contributed by atoms with Gasteiger partial charge in [0.2, 0.25) is 0 Å². The topological polar surface area (TPSA) is 9.23 Å². The maximum atomic E-state index is 6.18. The second-order valence-corrected chi connectivity index (χ2v) is 5.08. The van der Waals surface area contributed by atoms with Crippen LogP contribution in [-0.2, 0) is 4.74 Å². The van der Waals surface area contributed by atoms with Gasteiger partial charge in [0.15, 0.2) is 0 Å². The van der Waals surface area contributed by atoms with Crippen molar-refractivity contribution in [1.82, 2.24) is 0 Å². The van der Waals surface area contributed by atoms with Crippen molar-refractivity contribution in [3.63, 3.8) is 0 Å². The van der Waals surface area contributed by atoms with Crippen molar-refractivity contribution in [1.29, 1.82) is 0 Å². The lowest BCUT2D eigenvalue weighted by molar-refractivity contribution is -0.0978. The lowest BCUT2D eigenvalue weighted by Crippen LogP contribution is -2.34. The third-order valence-electron chi connectivity index (χ3n) is 3.36. The highest BCUT2D eigenvalue weighted by Gasteiger charge is 2.28. The van der Waals surface area contributed by atoms with Gasteiger partial charge in [0.1, 0.15) is 0 Å². The Balaban J connectivity index is 2.25. The number of unbranched alkanes of at least 4 members (excludes halogenated alkanes) is 1. The summed E-state index contributed by atoms with van der Waals surface area (Å²) < 4.78 is 6.18. The van der Waals surface area contributed by atoms with Gasteiger partial charge in [-0.3, -0.25) is 0 Å². The molecule has 1 heteroatoms. The van der Waals surface area contributed by atoms with Gasteiger partial charge in [-0.1, -0.05) is 39.0 Å². The maximum Gasteiger partial charge on any atom is 0.0658 e. The molecule has 1 saturated carbocycles. The van der Waals surface area contributed by atoms with Crippen LogP contribution >= 0.6 is 0 Å². The van der Waals surface area contributed by atoms with Crippen LogP contribution in [0.4, 0.5) is 0 Å². The second-order valence-electron chi connectivity index (χ2n) is 5.08. The Kier molecular flexibility index (Phi) is 4.94. The third kappa shape index (κ3) is 4.00. The highest BCUT2D eigenvalue weighted by molar-refractivity contribution is 4.80. The first-order chi connectivity index (χ1) is 6.66. The van der Waals surface area contributed by atoms with Crippen molar-refractivity contribution in [3.8, 4) is 0 Å². The average molecular weight is 198 g/mol. The maximum absolute atomic E-state index is 6.18. The molecule has 1 aliphatic carbocycles. The van der Waals surface area contributed by atoms with Gasteiger partial charge in [0, 0.05) is 0 Å². The summed E-state index contributed by atoms with van der Waals surface area (Å²) in [5.41, 5.74) is 0.200. The van der Waals surface area contributed by atoms with Crippen LogP contribution < -0.4 is 0 Å². The van der Waals surface area contributed by atoms with Crippen molar-refractivity contribution < 1.29 is 4.74 Å². The average Bonchev–Trinajstić information content (AvgIpc) is 2.15. The van der Waals surface area contributed by atoms with E-state index in [-0.39, 0.29) is 5.60 Å². The van der Waals surface area contributed by atoms with Crippen LogP contribution in [0, 0.1) is 0 Å². The predicted octanol–water partition coefficient (Wildman–Crippen LogP) is 4.30. The fourth-order valence-electron chi connectivity index (χ4n) is 2.45. The van der Waals surface area contributed by atoms with Crippen LogP contribution in [0.15, 0.2) is 0 Å². The summed E-state index contributed by atoms with van der Waals surface area (Å²) in [6.07, 6.45) is 10.9. The summed E-state index contributed by atoms with van der Waals surface area (Å²) in [4.78, 5) is 0. The summed E-state index contributed by atoms with van der Waals surface area (Å²) >= 11 is 0. The fourth-order valence-corrected chi connectivity index (χ4v) is 2.45. The zero-order valence-corrected chi connectivity index (χ0v) is 10.1. The minimum Gasteiger partial charge on any atom is -0.372 e. The summed E-state index contributed by atoms with van der Waals surface area (Å²) in [7, 11) is 0. The van der Waals surface area contributed by atoms with E-state index in [1.54, 1.807) is 0 Å². The van der Waals surface area contributed by atoms with E-state index in [2.05, 4.69) is 20.8 Å². The minimum absolute atomic E-state index is 0.200. The lowest BCUT2D eigenvalue weighted by atomic mass is 9.86. The van der Waals surface area contributed by atoms with Gasteiger partial charge in [0.25, 0.3) is 0 Å². The first kappa shape index (κ1) is 12.0. The monoisotopic (exact) mass is 198 g/mol. The molecule has 0 saturated heterocycles. The van der Waals surface area contributed by atoms with E-state index in [1.165, 1.54) is 51.4 Å². The smallest absolute Gasteiger partial charge is 0.0658 e. The molecule has 0 heterocycles. The molecule has 1 rings (SSSR count). The molecule has 0 spiro atoms. The van der Waals surface area contributed by atoms with E-state index >= 15 is 0 Å². The summed E-state index contributed by atoms with van der Waals surface area (Å²) in [6.45, 7) is 6.78. The quantitative estimate of drug-likeness (QED) is 0.640. The van der Waals surface area contributed by atoms with Crippen molar-refractivity contribution in [3.05, 3.63) is 0 Å². The molecule has 0 aliphatic heterocycles. The van der Waals surface area contributed by atoms with Gasteiger partial charge in [-0.05, 0) is 33.1 Å². The highest BCUT2D eigenvalue weighted by atomic mass is 16.5. The highest BCUT2D eigenvalue weighted by Crippen LogP contribution is 2.32. The Morgan fingerprint density at radius 1 is 1.21 bits per heavy atom. The first-order valence-corrected chi connectivity index (χ1v) is 6.34. The van der Waals surface area contributed by atoms with Crippen LogP contribution in [0.5, 0.6) is 0 Å². The standard InChI is InChI=1S/C13H26O/c1-4-5-9-12(2)14-13(3)10-7-6-8-11-13/h12H,4-11H2,1-3H3. The molecule has 0 N–H and O–H groups in total. The second kappa shape index (κ2) is 5.75. The van der Waals surface area contributed by atoms with Crippen molar-refractivity contribution in [2.75, 3.05) is 0 Å². The summed E-state index contributed by atoms with van der Waals surface area (Å²) in [5, 5.41) is 0. The molecule has 0 aromatic heterocycles. The first-order valence-electron chi connectivity index (χ1n) is 6.34. The lowest BCUT2D eigenvalue weighted by Gasteiger charge is -2.36. The fraction of sp³-hybridized carbons (Fsp3) is 1.00. The number of rotatable bonds is 5. The van der Waals surface area contributed by atoms with Gasteiger partial charge < -0.3 is 4.74 Å². The molecule has 84 valence electrons. The van der Waals surface area contributed by atoms with Crippen LogP contribution in [-0.4, -0.2) is 11.7 Å². The van der Waals surface area contributed by atoms with E-state index in [0.29, 0.717) is 6.10 Å².